The standard InChI is InChI=1S/C18H19F2N3O2/c1-3-12-13(17(19)20)6-5-7-14(12)22-18(25)11-8-9-21-15(10-11)23-16(24)4-2/h5-10,17H,3-4H2,1-2H3,(H,22,25)(H,21,23,24). The van der Waals surface area contributed by atoms with E-state index in [4.69, 9.17) is 0 Å². The molecule has 0 atom stereocenters. The number of nitrogens with zero attached hydrogens (tertiary/aromatic N) is 1. The Bertz CT molecular complexity index is 779. The summed E-state index contributed by atoms with van der Waals surface area (Å²) >= 11 is 0. The van der Waals surface area contributed by atoms with E-state index in [1.54, 1.807) is 19.9 Å². The predicted molar refractivity (Wildman–Crippen MR) is 91.9 cm³/mol. The highest BCUT2D eigenvalue weighted by atomic mass is 19.3. The van der Waals surface area contributed by atoms with Crippen LogP contribution in [-0.2, 0) is 11.2 Å². The van der Waals surface area contributed by atoms with Crippen LogP contribution < -0.4 is 10.6 Å². The van der Waals surface area contributed by atoms with Crippen LogP contribution in [-0.4, -0.2) is 16.8 Å². The summed E-state index contributed by atoms with van der Waals surface area (Å²) in [6.45, 7) is 3.45. The summed E-state index contributed by atoms with van der Waals surface area (Å²) in [5.41, 5.74) is 0.928. The van der Waals surface area contributed by atoms with Crippen LogP contribution >= 0.6 is 0 Å². The summed E-state index contributed by atoms with van der Waals surface area (Å²) < 4.78 is 26.2. The van der Waals surface area contributed by atoms with Crippen LogP contribution in [0.25, 0.3) is 0 Å². The molecule has 1 aromatic heterocycles. The lowest BCUT2D eigenvalue weighted by atomic mass is 10.0. The molecule has 0 fully saturated rings. The first-order valence-corrected chi connectivity index (χ1v) is 7.93. The zero-order chi connectivity index (χ0) is 18.4. The Balaban J connectivity index is 2.24. The number of carbonyl (C=O) groups is 2. The van der Waals surface area contributed by atoms with Gasteiger partial charge in [-0.1, -0.05) is 26.0 Å². The molecule has 0 radical (unpaired) electrons. The van der Waals surface area contributed by atoms with Gasteiger partial charge in [-0.3, -0.25) is 9.59 Å². The Kier molecular flexibility index (Phi) is 6.16. The van der Waals surface area contributed by atoms with Crippen molar-refractivity contribution in [1.29, 1.82) is 0 Å². The van der Waals surface area contributed by atoms with Crippen molar-refractivity contribution < 1.29 is 18.4 Å². The molecular formula is C18H19F2N3O2. The van der Waals surface area contributed by atoms with Gasteiger partial charge in [0.15, 0.2) is 0 Å². The first kappa shape index (κ1) is 18.5. The molecule has 1 aromatic carbocycles. The lowest BCUT2D eigenvalue weighted by molar-refractivity contribution is -0.115. The fourth-order valence-corrected chi connectivity index (χ4v) is 2.39. The maximum atomic E-state index is 13.1. The van der Waals surface area contributed by atoms with E-state index in [1.807, 2.05) is 0 Å². The molecule has 0 aliphatic heterocycles. The molecule has 0 saturated carbocycles. The zero-order valence-electron chi connectivity index (χ0n) is 14.0. The third-order valence-electron chi connectivity index (χ3n) is 3.66. The highest BCUT2D eigenvalue weighted by molar-refractivity contribution is 6.05. The van der Waals surface area contributed by atoms with Gasteiger partial charge in [0.05, 0.1) is 0 Å². The van der Waals surface area contributed by atoms with Crippen LogP contribution in [0.3, 0.4) is 0 Å². The number of aromatic nitrogens is 1. The second-order valence-electron chi connectivity index (χ2n) is 5.31. The number of carbonyl (C=O) groups excluding carboxylic acids is 2. The summed E-state index contributed by atoms with van der Waals surface area (Å²) in [6, 6.07) is 7.34. The fraction of sp³-hybridized carbons (Fsp3) is 0.278. The van der Waals surface area contributed by atoms with Crippen LogP contribution in [0.4, 0.5) is 20.3 Å². The average Bonchev–Trinajstić information content (AvgIpc) is 2.61. The van der Waals surface area contributed by atoms with E-state index in [0.717, 1.165) is 0 Å². The molecular weight excluding hydrogens is 328 g/mol. The number of pyridine rings is 1. The molecule has 132 valence electrons. The van der Waals surface area contributed by atoms with Crippen molar-refractivity contribution in [3.8, 4) is 0 Å². The van der Waals surface area contributed by atoms with Crippen molar-refractivity contribution in [2.75, 3.05) is 10.6 Å². The van der Waals surface area contributed by atoms with E-state index in [2.05, 4.69) is 15.6 Å². The Morgan fingerprint density at radius 3 is 2.56 bits per heavy atom. The van der Waals surface area contributed by atoms with E-state index in [1.165, 1.54) is 30.5 Å². The van der Waals surface area contributed by atoms with Crippen LogP contribution in [0.5, 0.6) is 0 Å². The van der Waals surface area contributed by atoms with E-state index in [9.17, 15) is 18.4 Å². The van der Waals surface area contributed by atoms with Gasteiger partial charge in [0.2, 0.25) is 5.91 Å². The van der Waals surface area contributed by atoms with Crippen LogP contribution in [0.1, 0.15) is 48.2 Å². The van der Waals surface area contributed by atoms with E-state index < -0.39 is 12.3 Å². The highest BCUT2D eigenvalue weighted by Gasteiger charge is 2.17. The monoisotopic (exact) mass is 347 g/mol. The minimum atomic E-state index is -2.61. The summed E-state index contributed by atoms with van der Waals surface area (Å²) in [5.74, 6) is -0.421. The fourth-order valence-electron chi connectivity index (χ4n) is 2.39. The summed E-state index contributed by atoms with van der Waals surface area (Å²) in [7, 11) is 0. The smallest absolute Gasteiger partial charge is 0.264 e. The van der Waals surface area contributed by atoms with Crippen molar-refractivity contribution in [3.63, 3.8) is 0 Å². The molecule has 0 aliphatic rings. The van der Waals surface area contributed by atoms with Gasteiger partial charge in [0.25, 0.3) is 12.3 Å². The van der Waals surface area contributed by atoms with Gasteiger partial charge in [-0.05, 0) is 30.2 Å². The normalized spacial score (nSPS) is 10.6. The number of halogens is 2. The predicted octanol–water partition coefficient (Wildman–Crippen LogP) is 4.18. The quantitative estimate of drug-likeness (QED) is 0.823. The number of hydrogen-bond donors (Lipinski definition) is 2. The van der Waals surface area contributed by atoms with Gasteiger partial charge in [0, 0.05) is 29.4 Å². The molecule has 2 aromatic rings. The molecule has 5 nitrogen and oxygen atoms in total. The van der Waals surface area contributed by atoms with E-state index in [0.29, 0.717) is 24.1 Å². The largest absolute Gasteiger partial charge is 0.322 e. The molecule has 2 N–H and O–H groups in total. The molecule has 2 amide bonds. The van der Waals surface area contributed by atoms with Gasteiger partial charge in [0.1, 0.15) is 5.82 Å². The molecule has 0 spiro atoms. The van der Waals surface area contributed by atoms with Crippen molar-refractivity contribution in [2.45, 2.75) is 33.1 Å². The molecule has 0 saturated heterocycles. The highest BCUT2D eigenvalue weighted by Crippen LogP contribution is 2.29. The Hall–Kier alpha value is -2.83. The third kappa shape index (κ3) is 4.59. The summed E-state index contributed by atoms with van der Waals surface area (Å²) in [5, 5.41) is 5.22. The number of alkyl halides is 2. The number of anilines is 2. The van der Waals surface area contributed by atoms with Gasteiger partial charge >= 0.3 is 0 Å². The molecule has 1 heterocycles. The Morgan fingerprint density at radius 2 is 1.92 bits per heavy atom. The van der Waals surface area contributed by atoms with Crippen molar-refractivity contribution >= 4 is 23.3 Å². The molecule has 0 aliphatic carbocycles. The zero-order valence-corrected chi connectivity index (χ0v) is 14.0. The van der Waals surface area contributed by atoms with Crippen molar-refractivity contribution in [3.05, 3.63) is 53.2 Å². The number of rotatable bonds is 6. The van der Waals surface area contributed by atoms with Crippen LogP contribution in [0, 0.1) is 0 Å². The Labute approximate surface area is 144 Å². The molecule has 0 unspecified atom stereocenters. The maximum absolute atomic E-state index is 13.1. The van der Waals surface area contributed by atoms with E-state index in [-0.39, 0.29) is 22.9 Å². The minimum absolute atomic E-state index is 0.0917. The summed E-state index contributed by atoms with van der Waals surface area (Å²) in [6.07, 6.45) is -0.553. The maximum Gasteiger partial charge on any atom is 0.264 e. The molecule has 7 heteroatoms. The average molecular weight is 347 g/mol. The first-order chi connectivity index (χ1) is 12.0. The topological polar surface area (TPSA) is 71.1 Å². The molecule has 0 bridgehead atoms. The third-order valence-corrected chi connectivity index (χ3v) is 3.66. The molecule has 25 heavy (non-hydrogen) atoms. The first-order valence-electron chi connectivity index (χ1n) is 7.93. The number of amides is 2. The number of benzene rings is 1. The number of nitrogens with one attached hydrogen (secondary N) is 2. The lowest BCUT2D eigenvalue weighted by Crippen LogP contribution is -2.16. The summed E-state index contributed by atoms with van der Waals surface area (Å²) in [4.78, 5) is 27.8. The van der Waals surface area contributed by atoms with Gasteiger partial charge in [-0.15, -0.1) is 0 Å². The second-order valence-corrected chi connectivity index (χ2v) is 5.31. The Morgan fingerprint density at radius 1 is 1.16 bits per heavy atom. The second kappa shape index (κ2) is 8.32. The van der Waals surface area contributed by atoms with Gasteiger partial charge in [-0.25, -0.2) is 13.8 Å². The SMILES string of the molecule is CCC(=O)Nc1cc(C(=O)Nc2cccc(C(F)F)c2CC)ccn1. The van der Waals surface area contributed by atoms with Crippen LogP contribution in [0.2, 0.25) is 0 Å². The van der Waals surface area contributed by atoms with Crippen LogP contribution in [0.15, 0.2) is 36.5 Å². The molecule has 2 rings (SSSR count). The minimum Gasteiger partial charge on any atom is -0.322 e. The van der Waals surface area contributed by atoms with Gasteiger partial charge < -0.3 is 10.6 Å². The van der Waals surface area contributed by atoms with Crippen molar-refractivity contribution in [1.82, 2.24) is 4.98 Å². The van der Waals surface area contributed by atoms with Crippen molar-refractivity contribution in [2.24, 2.45) is 0 Å². The number of hydrogen-bond acceptors (Lipinski definition) is 3. The lowest BCUT2D eigenvalue weighted by Gasteiger charge is -2.14. The van der Waals surface area contributed by atoms with E-state index >= 15 is 0 Å². The van der Waals surface area contributed by atoms with Gasteiger partial charge in [-0.2, -0.15) is 0 Å².